The zero-order valence-corrected chi connectivity index (χ0v) is 10.6. The Hall–Kier alpha value is -2.15. The third kappa shape index (κ3) is 3.19. The maximum Gasteiger partial charge on any atom is 0.293 e. The number of oxime groups is 1. The Morgan fingerprint density at radius 3 is 2.84 bits per heavy atom. The summed E-state index contributed by atoms with van der Waals surface area (Å²) in [6.45, 7) is 2.49. The molecule has 102 valence electrons. The summed E-state index contributed by atoms with van der Waals surface area (Å²) in [7, 11) is 1.42. The molecule has 1 aliphatic rings. The van der Waals surface area contributed by atoms with Gasteiger partial charge in [0.25, 0.3) is 5.69 Å². The molecule has 1 fully saturated rings. The Morgan fingerprint density at radius 1 is 1.47 bits per heavy atom. The number of hydrogen-bond donors (Lipinski definition) is 0. The van der Waals surface area contributed by atoms with Crippen LogP contribution in [0.15, 0.2) is 23.4 Å². The monoisotopic (exact) mass is 265 g/mol. The third-order valence-corrected chi connectivity index (χ3v) is 2.86. The topological polar surface area (TPSA) is 77.2 Å². The summed E-state index contributed by atoms with van der Waals surface area (Å²) in [5.41, 5.74) is 1.32. The van der Waals surface area contributed by atoms with E-state index in [1.807, 2.05) is 4.90 Å². The highest BCUT2D eigenvalue weighted by Gasteiger charge is 2.21. The average Bonchev–Trinajstić information content (AvgIpc) is 2.45. The van der Waals surface area contributed by atoms with Crippen molar-refractivity contribution in [1.29, 1.82) is 0 Å². The van der Waals surface area contributed by atoms with Crippen LogP contribution in [0, 0.1) is 10.1 Å². The fourth-order valence-corrected chi connectivity index (χ4v) is 1.95. The van der Waals surface area contributed by atoms with E-state index in [2.05, 4.69) is 9.99 Å². The molecule has 1 saturated heterocycles. The summed E-state index contributed by atoms with van der Waals surface area (Å²) in [5, 5.41) is 14.8. The molecule has 0 radical (unpaired) electrons. The lowest BCUT2D eigenvalue weighted by Crippen LogP contribution is -2.36. The van der Waals surface area contributed by atoms with Gasteiger partial charge in [-0.25, -0.2) is 0 Å². The first-order chi connectivity index (χ1) is 9.22. The molecule has 0 N–H and O–H groups in total. The summed E-state index contributed by atoms with van der Waals surface area (Å²) in [5.74, 6) is 0. The van der Waals surface area contributed by atoms with Crippen molar-refractivity contribution in [2.24, 2.45) is 5.16 Å². The lowest BCUT2D eigenvalue weighted by molar-refractivity contribution is -0.384. The lowest BCUT2D eigenvalue weighted by Gasteiger charge is -2.28. The number of nitro groups is 1. The van der Waals surface area contributed by atoms with E-state index in [9.17, 15) is 10.1 Å². The van der Waals surface area contributed by atoms with Crippen LogP contribution >= 0.6 is 0 Å². The molecule has 0 atom stereocenters. The fraction of sp³-hybridized carbons (Fsp3) is 0.417. The molecule has 1 heterocycles. The van der Waals surface area contributed by atoms with E-state index in [4.69, 9.17) is 4.74 Å². The molecule has 0 saturated carbocycles. The largest absolute Gasteiger partial charge is 0.399 e. The first-order valence-electron chi connectivity index (χ1n) is 5.90. The van der Waals surface area contributed by atoms with Gasteiger partial charge in [-0.3, -0.25) is 10.1 Å². The maximum atomic E-state index is 11.2. The van der Waals surface area contributed by atoms with Crippen molar-refractivity contribution in [2.75, 3.05) is 38.3 Å². The Labute approximate surface area is 110 Å². The molecule has 7 nitrogen and oxygen atoms in total. The number of nitrogens with zero attached hydrogens (tertiary/aromatic N) is 3. The number of hydrogen-bond acceptors (Lipinski definition) is 6. The highest BCUT2D eigenvalue weighted by molar-refractivity contribution is 5.82. The van der Waals surface area contributed by atoms with E-state index in [0.717, 1.165) is 0 Å². The average molecular weight is 265 g/mol. The molecule has 0 aliphatic carbocycles. The standard InChI is InChI=1S/C12H15N3O4/c1-18-13-9-10-2-3-11(12(8-10)15(16)17)14-4-6-19-7-5-14/h2-3,8-9H,4-7H2,1H3/b13-9+. The summed E-state index contributed by atoms with van der Waals surface area (Å²) in [6, 6.07) is 5.01. The van der Waals surface area contributed by atoms with Gasteiger partial charge in [-0.05, 0) is 6.07 Å². The molecular weight excluding hydrogens is 250 g/mol. The minimum atomic E-state index is -0.380. The molecule has 1 aromatic rings. The summed E-state index contributed by atoms with van der Waals surface area (Å²) in [4.78, 5) is 17.3. The van der Waals surface area contributed by atoms with E-state index in [1.54, 1.807) is 12.1 Å². The highest BCUT2D eigenvalue weighted by atomic mass is 16.6. The number of benzene rings is 1. The van der Waals surface area contributed by atoms with E-state index >= 15 is 0 Å². The van der Waals surface area contributed by atoms with Crippen molar-refractivity contribution in [2.45, 2.75) is 0 Å². The minimum absolute atomic E-state index is 0.0713. The SMILES string of the molecule is CO/N=C/c1ccc(N2CCOCC2)c([N+](=O)[O-])c1. The van der Waals surface area contributed by atoms with E-state index in [-0.39, 0.29) is 10.6 Å². The second-order valence-corrected chi connectivity index (χ2v) is 4.02. The Balaban J connectivity index is 2.31. The zero-order valence-electron chi connectivity index (χ0n) is 10.6. The van der Waals surface area contributed by atoms with Gasteiger partial charge in [-0.1, -0.05) is 11.2 Å². The van der Waals surface area contributed by atoms with Crippen LogP contribution < -0.4 is 4.90 Å². The number of nitro benzene ring substituents is 1. The fourth-order valence-electron chi connectivity index (χ4n) is 1.95. The molecule has 1 aromatic carbocycles. The van der Waals surface area contributed by atoms with Gasteiger partial charge in [0.15, 0.2) is 0 Å². The van der Waals surface area contributed by atoms with Crippen LogP contribution in [-0.2, 0) is 9.57 Å². The van der Waals surface area contributed by atoms with E-state index in [1.165, 1.54) is 19.4 Å². The van der Waals surface area contributed by atoms with Crippen molar-refractivity contribution in [3.8, 4) is 0 Å². The molecule has 0 unspecified atom stereocenters. The van der Waals surface area contributed by atoms with Crippen LogP contribution in [-0.4, -0.2) is 44.6 Å². The lowest BCUT2D eigenvalue weighted by atomic mass is 10.1. The van der Waals surface area contributed by atoms with Crippen LogP contribution in [0.25, 0.3) is 0 Å². The summed E-state index contributed by atoms with van der Waals surface area (Å²) >= 11 is 0. The van der Waals surface area contributed by atoms with Crippen molar-refractivity contribution >= 4 is 17.6 Å². The van der Waals surface area contributed by atoms with E-state index < -0.39 is 0 Å². The molecular formula is C12H15N3O4. The van der Waals surface area contributed by atoms with Gasteiger partial charge >= 0.3 is 0 Å². The molecule has 0 aromatic heterocycles. The number of morpholine rings is 1. The van der Waals surface area contributed by atoms with Crippen LogP contribution in [0.2, 0.25) is 0 Å². The molecule has 19 heavy (non-hydrogen) atoms. The molecule has 2 rings (SSSR count). The van der Waals surface area contributed by atoms with Crippen LogP contribution in [0.5, 0.6) is 0 Å². The molecule has 0 bridgehead atoms. The number of ether oxygens (including phenoxy) is 1. The molecule has 7 heteroatoms. The minimum Gasteiger partial charge on any atom is -0.399 e. The Morgan fingerprint density at radius 2 is 2.21 bits per heavy atom. The summed E-state index contributed by atoms with van der Waals surface area (Å²) < 4.78 is 5.25. The quantitative estimate of drug-likeness (QED) is 0.467. The van der Waals surface area contributed by atoms with Gasteiger partial charge in [0.2, 0.25) is 0 Å². The first-order valence-corrected chi connectivity index (χ1v) is 5.90. The van der Waals surface area contributed by atoms with Crippen LogP contribution in [0.4, 0.5) is 11.4 Å². The van der Waals surface area contributed by atoms with Gasteiger partial charge in [0, 0.05) is 24.7 Å². The normalized spacial score (nSPS) is 15.7. The van der Waals surface area contributed by atoms with Gasteiger partial charge in [0.05, 0.1) is 24.4 Å². The van der Waals surface area contributed by atoms with Crippen molar-refractivity contribution in [1.82, 2.24) is 0 Å². The maximum absolute atomic E-state index is 11.2. The van der Waals surface area contributed by atoms with Crippen molar-refractivity contribution in [3.63, 3.8) is 0 Å². The molecule has 0 spiro atoms. The molecule has 1 aliphatic heterocycles. The smallest absolute Gasteiger partial charge is 0.293 e. The summed E-state index contributed by atoms with van der Waals surface area (Å²) in [6.07, 6.45) is 1.44. The zero-order chi connectivity index (χ0) is 13.7. The van der Waals surface area contributed by atoms with Gasteiger partial charge in [-0.2, -0.15) is 0 Å². The van der Waals surface area contributed by atoms with Crippen LogP contribution in [0.3, 0.4) is 0 Å². The van der Waals surface area contributed by atoms with Gasteiger partial charge in [0.1, 0.15) is 12.8 Å². The van der Waals surface area contributed by atoms with Crippen molar-refractivity contribution in [3.05, 3.63) is 33.9 Å². The number of anilines is 1. The van der Waals surface area contributed by atoms with Crippen LogP contribution in [0.1, 0.15) is 5.56 Å². The Kier molecular flexibility index (Phi) is 4.30. The second-order valence-electron chi connectivity index (χ2n) is 4.02. The highest BCUT2D eigenvalue weighted by Crippen LogP contribution is 2.29. The Bertz CT molecular complexity index is 484. The predicted molar refractivity (Wildman–Crippen MR) is 70.7 cm³/mol. The second kappa shape index (κ2) is 6.14. The van der Waals surface area contributed by atoms with E-state index in [0.29, 0.717) is 37.6 Å². The first kappa shape index (κ1) is 13.3. The predicted octanol–water partition coefficient (Wildman–Crippen LogP) is 1.41. The number of rotatable bonds is 4. The third-order valence-electron chi connectivity index (χ3n) is 2.86. The van der Waals surface area contributed by atoms with Gasteiger partial charge in [-0.15, -0.1) is 0 Å². The van der Waals surface area contributed by atoms with Gasteiger partial charge < -0.3 is 14.5 Å². The molecule has 0 amide bonds. The van der Waals surface area contributed by atoms with Crippen molar-refractivity contribution < 1.29 is 14.5 Å².